The Kier molecular flexibility index (Phi) is 9.73. The predicted octanol–water partition coefficient (Wildman–Crippen LogP) is 4.40. The average Bonchev–Trinajstić information content (AvgIpc) is 2.86. The van der Waals surface area contributed by atoms with Gasteiger partial charge in [-0.15, -0.1) is 0 Å². The van der Waals surface area contributed by atoms with Crippen molar-refractivity contribution in [2.24, 2.45) is 5.10 Å². The summed E-state index contributed by atoms with van der Waals surface area (Å²) >= 11 is 3.39. The largest absolute Gasteiger partial charge is 0.490 e. The van der Waals surface area contributed by atoms with Crippen LogP contribution in [0.15, 0.2) is 70.2 Å². The van der Waals surface area contributed by atoms with E-state index in [1.54, 1.807) is 31.2 Å². The summed E-state index contributed by atoms with van der Waals surface area (Å²) in [7, 11) is 0. The van der Waals surface area contributed by atoms with Crippen molar-refractivity contribution >= 4 is 51.2 Å². The summed E-state index contributed by atoms with van der Waals surface area (Å²) in [6.07, 6.45) is 1.32. The highest BCUT2D eigenvalue weighted by Crippen LogP contribution is 2.28. The Balaban J connectivity index is 1.56. The van der Waals surface area contributed by atoms with Crippen molar-refractivity contribution in [2.75, 3.05) is 23.8 Å². The van der Waals surface area contributed by atoms with Crippen LogP contribution in [0, 0.1) is 12.7 Å². The molecule has 0 fully saturated rings. The summed E-state index contributed by atoms with van der Waals surface area (Å²) in [6, 6.07) is 15.3. The number of aryl methyl sites for hydroxylation is 1. The van der Waals surface area contributed by atoms with Crippen molar-refractivity contribution in [1.82, 2.24) is 5.43 Å². The topological polar surface area (TPSA) is 118 Å². The van der Waals surface area contributed by atoms with Crippen LogP contribution in [-0.2, 0) is 14.4 Å². The Morgan fingerprint density at radius 3 is 2.41 bits per heavy atom. The molecule has 3 N–H and O–H groups in total. The summed E-state index contributed by atoms with van der Waals surface area (Å²) < 4.78 is 25.1. The van der Waals surface area contributed by atoms with Crippen molar-refractivity contribution in [2.45, 2.75) is 13.8 Å². The molecule has 0 saturated heterocycles. The van der Waals surface area contributed by atoms with E-state index in [-0.39, 0.29) is 18.2 Å². The van der Waals surface area contributed by atoms with E-state index in [0.717, 1.165) is 22.2 Å². The third-order valence-electron chi connectivity index (χ3n) is 4.78. The minimum Gasteiger partial charge on any atom is -0.490 e. The summed E-state index contributed by atoms with van der Waals surface area (Å²) in [5.74, 6) is -2.03. The maximum Gasteiger partial charge on any atom is 0.329 e. The quantitative estimate of drug-likeness (QED) is 0.200. The summed E-state index contributed by atoms with van der Waals surface area (Å²) in [5.41, 5.74) is 4.52. The first-order chi connectivity index (χ1) is 17.7. The molecular formula is C26H24BrFN4O5. The first-order valence-electron chi connectivity index (χ1n) is 11.1. The van der Waals surface area contributed by atoms with Crippen molar-refractivity contribution in [3.05, 3.63) is 82.1 Å². The van der Waals surface area contributed by atoms with Gasteiger partial charge in [-0.3, -0.25) is 14.4 Å². The Labute approximate surface area is 221 Å². The van der Waals surface area contributed by atoms with Crippen LogP contribution in [0.3, 0.4) is 0 Å². The molecule has 0 aromatic heterocycles. The van der Waals surface area contributed by atoms with E-state index in [1.807, 2.05) is 19.1 Å². The molecule has 37 heavy (non-hydrogen) atoms. The van der Waals surface area contributed by atoms with Gasteiger partial charge in [0.15, 0.2) is 18.1 Å². The van der Waals surface area contributed by atoms with Crippen molar-refractivity contribution < 1.29 is 28.2 Å². The molecule has 0 spiro atoms. The SMILES string of the molecule is CCOc1cc(/C=N\NC(=O)C(=O)Nc2ccc(F)cc2)ccc1OCC(=O)Nc1ccc(Br)cc1C. The molecule has 11 heteroatoms. The Morgan fingerprint density at radius 1 is 0.946 bits per heavy atom. The predicted molar refractivity (Wildman–Crippen MR) is 141 cm³/mol. The Hall–Kier alpha value is -4.25. The van der Waals surface area contributed by atoms with Crippen molar-refractivity contribution in [3.63, 3.8) is 0 Å². The molecule has 192 valence electrons. The van der Waals surface area contributed by atoms with Gasteiger partial charge in [0.2, 0.25) is 0 Å². The van der Waals surface area contributed by atoms with Gasteiger partial charge in [-0.1, -0.05) is 15.9 Å². The van der Waals surface area contributed by atoms with Crippen LogP contribution in [0.2, 0.25) is 0 Å². The lowest BCUT2D eigenvalue weighted by molar-refractivity contribution is -0.136. The first kappa shape index (κ1) is 27.3. The summed E-state index contributed by atoms with van der Waals surface area (Å²) in [5, 5.41) is 8.91. The zero-order valence-corrected chi connectivity index (χ0v) is 21.6. The molecule has 0 heterocycles. The standard InChI is InChI=1S/C26H24BrFN4O5/c1-3-36-23-13-17(14-29-32-26(35)25(34)30-20-8-6-19(28)7-9-20)4-11-22(23)37-15-24(33)31-21-10-5-18(27)12-16(21)2/h4-14H,3,15H2,1-2H3,(H,30,34)(H,31,33)(H,32,35)/b29-14-. The minimum absolute atomic E-state index is 0.234. The molecule has 0 radical (unpaired) electrons. The first-order valence-corrected chi connectivity index (χ1v) is 11.9. The highest BCUT2D eigenvalue weighted by Gasteiger charge is 2.13. The fourth-order valence-electron chi connectivity index (χ4n) is 3.03. The van der Waals surface area contributed by atoms with Crippen LogP contribution in [0.25, 0.3) is 0 Å². The Morgan fingerprint density at radius 2 is 1.70 bits per heavy atom. The van der Waals surface area contributed by atoms with Crippen LogP contribution in [0.1, 0.15) is 18.1 Å². The molecule has 0 atom stereocenters. The highest BCUT2D eigenvalue weighted by molar-refractivity contribution is 9.10. The van der Waals surface area contributed by atoms with Gasteiger partial charge in [-0.2, -0.15) is 5.10 Å². The molecule has 0 saturated carbocycles. The van der Waals surface area contributed by atoms with Gasteiger partial charge >= 0.3 is 11.8 Å². The molecule has 9 nitrogen and oxygen atoms in total. The van der Waals surface area contributed by atoms with E-state index in [4.69, 9.17) is 9.47 Å². The molecule has 0 aliphatic rings. The third-order valence-corrected chi connectivity index (χ3v) is 5.27. The van der Waals surface area contributed by atoms with Gasteiger partial charge in [0.1, 0.15) is 5.82 Å². The van der Waals surface area contributed by atoms with E-state index in [0.29, 0.717) is 29.4 Å². The van der Waals surface area contributed by atoms with Crippen LogP contribution in [0.4, 0.5) is 15.8 Å². The zero-order chi connectivity index (χ0) is 26.8. The number of anilines is 2. The number of hydrogen-bond acceptors (Lipinski definition) is 6. The van der Waals surface area contributed by atoms with E-state index in [1.165, 1.54) is 18.3 Å². The normalized spacial score (nSPS) is 10.6. The lowest BCUT2D eigenvalue weighted by atomic mass is 10.2. The molecule has 3 aromatic carbocycles. The van der Waals surface area contributed by atoms with Gasteiger partial charge in [-0.25, -0.2) is 9.82 Å². The van der Waals surface area contributed by atoms with E-state index in [9.17, 15) is 18.8 Å². The minimum atomic E-state index is -1.00. The number of nitrogens with zero attached hydrogens (tertiary/aromatic N) is 1. The number of carbonyl (C=O) groups is 3. The van der Waals surface area contributed by atoms with E-state index < -0.39 is 17.6 Å². The van der Waals surface area contributed by atoms with Gasteiger partial charge in [0, 0.05) is 15.8 Å². The number of hydrazone groups is 1. The van der Waals surface area contributed by atoms with Crippen LogP contribution < -0.4 is 25.5 Å². The number of rotatable bonds is 9. The fraction of sp³-hybridized carbons (Fsp3) is 0.154. The summed E-state index contributed by atoms with van der Waals surface area (Å²) in [6.45, 7) is 3.80. The average molecular weight is 571 g/mol. The van der Waals surface area contributed by atoms with Crippen molar-refractivity contribution in [1.29, 1.82) is 0 Å². The molecule has 0 unspecified atom stereocenters. The maximum atomic E-state index is 12.9. The van der Waals surface area contributed by atoms with Crippen LogP contribution in [0.5, 0.6) is 11.5 Å². The lowest BCUT2D eigenvalue weighted by Crippen LogP contribution is -2.32. The summed E-state index contributed by atoms with van der Waals surface area (Å²) in [4.78, 5) is 36.2. The molecule has 3 amide bonds. The maximum absolute atomic E-state index is 12.9. The van der Waals surface area contributed by atoms with Crippen LogP contribution >= 0.6 is 15.9 Å². The molecule has 0 aliphatic heterocycles. The van der Waals surface area contributed by atoms with E-state index >= 15 is 0 Å². The number of ether oxygens (including phenoxy) is 2. The number of nitrogens with one attached hydrogen (secondary N) is 3. The second-order valence-corrected chi connectivity index (χ2v) is 8.51. The van der Waals surface area contributed by atoms with Crippen molar-refractivity contribution in [3.8, 4) is 11.5 Å². The third kappa shape index (κ3) is 8.43. The molecular weight excluding hydrogens is 547 g/mol. The smallest absolute Gasteiger partial charge is 0.329 e. The van der Waals surface area contributed by atoms with Gasteiger partial charge in [-0.05, 0) is 85.6 Å². The van der Waals surface area contributed by atoms with Crippen LogP contribution in [-0.4, -0.2) is 37.1 Å². The second-order valence-electron chi connectivity index (χ2n) is 7.60. The Bertz CT molecular complexity index is 1310. The highest BCUT2D eigenvalue weighted by atomic mass is 79.9. The van der Waals surface area contributed by atoms with E-state index in [2.05, 4.69) is 37.1 Å². The number of carbonyl (C=O) groups excluding carboxylic acids is 3. The zero-order valence-electron chi connectivity index (χ0n) is 20.0. The fourth-order valence-corrected chi connectivity index (χ4v) is 3.50. The molecule has 3 rings (SSSR count). The lowest BCUT2D eigenvalue weighted by Gasteiger charge is -2.13. The number of benzene rings is 3. The van der Waals surface area contributed by atoms with Gasteiger partial charge < -0.3 is 20.1 Å². The molecule has 3 aromatic rings. The molecule has 0 bridgehead atoms. The number of amides is 3. The van der Waals surface area contributed by atoms with Gasteiger partial charge in [0.25, 0.3) is 5.91 Å². The monoisotopic (exact) mass is 570 g/mol. The van der Waals surface area contributed by atoms with Gasteiger partial charge in [0.05, 0.1) is 12.8 Å². The molecule has 0 aliphatic carbocycles. The second kappa shape index (κ2) is 13.2. The number of halogens is 2. The number of hydrogen-bond donors (Lipinski definition) is 3.